The minimum absolute atomic E-state index is 0.140. The molecule has 6 nitrogen and oxygen atoms in total. The molecule has 0 aromatic carbocycles. The van der Waals surface area contributed by atoms with Gasteiger partial charge in [-0.3, -0.25) is 9.48 Å². The van der Waals surface area contributed by atoms with Crippen molar-refractivity contribution < 1.29 is 9.53 Å². The van der Waals surface area contributed by atoms with E-state index in [1.165, 1.54) is 25.7 Å². The highest BCUT2D eigenvalue weighted by atomic mass is 16.5. The van der Waals surface area contributed by atoms with Crippen molar-refractivity contribution in [2.45, 2.75) is 13.5 Å². The van der Waals surface area contributed by atoms with Crippen molar-refractivity contribution in [3.63, 3.8) is 0 Å². The Labute approximate surface area is 98.3 Å². The van der Waals surface area contributed by atoms with Crippen LogP contribution < -0.4 is 4.74 Å². The highest BCUT2D eigenvalue weighted by Gasteiger charge is 2.22. The topological polar surface area (TPSA) is 69.9 Å². The molecule has 0 aliphatic rings. The van der Waals surface area contributed by atoms with Crippen LogP contribution in [0.1, 0.15) is 23.2 Å². The highest BCUT2D eigenvalue weighted by molar-refractivity contribution is 6.07. The Kier molecular flexibility index (Phi) is 3.13. The zero-order valence-corrected chi connectivity index (χ0v) is 9.62. The summed E-state index contributed by atoms with van der Waals surface area (Å²) in [4.78, 5) is 20.1. The Morgan fingerprint density at radius 2 is 2.12 bits per heavy atom. The van der Waals surface area contributed by atoms with Gasteiger partial charge in [-0.2, -0.15) is 5.10 Å². The number of hydrogen-bond donors (Lipinski definition) is 0. The number of rotatable bonds is 4. The first-order valence-corrected chi connectivity index (χ1v) is 5.19. The molecule has 0 bridgehead atoms. The van der Waals surface area contributed by atoms with Gasteiger partial charge in [0.05, 0.1) is 13.3 Å². The molecule has 17 heavy (non-hydrogen) atoms. The molecule has 2 heterocycles. The number of aryl methyl sites for hydroxylation is 1. The molecule has 2 aromatic heterocycles. The Bertz CT molecular complexity index is 500. The van der Waals surface area contributed by atoms with Gasteiger partial charge < -0.3 is 4.74 Å². The fraction of sp³-hybridized carbons (Fsp3) is 0.273. The van der Waals surface area contributed by atoms with Crippen LogP contribution in [0.3, 0.4) is 0 Å². The summed E-state index contributed by atoms with van der Waals surface area (Å²) in [6, 6.07) is 1.66. The van der Waals surface area contributed by atoms with Crippen LogP contribution >= 0.6 is 0 Å². The van der Waals surface area contributed by atoms with Gasteiger partial charge in [-0.1, -0.05) is 0 Å². The normalized spacial score (nSPS) is 10.2. The Morgan fingerprint density at radius 1 is 1.41 bits per heavy atom. The number of carbonyl (C=O) groups excluding carboxylic acids is 1. The second-order valence-corrected chi connectivity index (χ2v) is 3.28. The maximum atomic E-state index is 12.2. The van der Waals surface area contributed by atoms with Gasteiger partial charge >= 0.3 is 0 Å². The molecule has 6 heteroatoms. The molecule has 88 valence electrons. The number of ketones is 1. The van der Waals surface area contributed by atoms with Crippen LogP contribution in [0.4, 0.5) is 0 Å². The maximum Gasteiger partial charge on any atom is 0.252 e. The van der Waals surface area contributed by atoms with Gasteiger partial charge in [0, 0.05) is 18.9 Å². The largest absolute Gasteiger partial charge is 0.493 e. The lowest BCUT2D eigenvalue weighted by Gasteiger charge is -2.04. The zero-order chi connectivity index (χ0) is 12.3. The van der Waals surface area contributed by atoms with Gasteiger partial charge in [0.1, 0.15) is 0 Å². The maximum absolute atomic E-state index is 12.2. The number of hydrogen-bond acceptors (Lipinski definition) is 5. The number of nitrogens with zero attached hydrogens (tertiary/aromatic N) is 4. The number of ether oxygens (including phenoxy) is 1. The first kappa shape index (κ1) is 11.3. The van der Waals surface area contributed by atoms with E-state index >= 15 is 0 Å². The van der Waals surface area contributed by atoms with E-state index in [2.05, 4.69) is 15.1 Å². The first-order valence-electron chi connectivity index (χ1n) is 5.19. The Morgan fingerprint density at radius 3 is 2.71 bits per heavy atom. The fourth-order valence-corrected chi connectivity index (χ4v) is 1.51. The molecule has 0 saturated heterocycles. The van der Waals surface area contributed by atoms with E-state index < -0.39 is 0 Å². The molecular formula is C11H12N4O2. The molecule has 0 saturated carbocycles. The van der Waals surface area contributed by atoms with Crippen molar-refractivity contribution in [1.82, 2.24) is 19.7 Å². The predicted octanol–water partition coefficient (Wildman–Crippen LogP) is 0.933. The minimum atomic E-state index is -0.290. The standard InChI is InChI=1S/C11H12N4O2/c1-3-15-9(8(17-2)7-14-15)10(16)11-12-5-4-6-13-11/h4-7H,3H2,1-2H3. The van der Waals surface area contributed by atoms with Crippen molar-refractivity contribution in [2.75, 3.05) is 7.11 Å². The van der Waals surface area contributed by atoms with Crippen LogP contribution in [0.25, 0.3) is 0 Å². The Hall–Kier alpha value is -2.24. The van der Waals surface area contributed by atoms with Crippen molar-refractivity contribution >= 4 is 5.78 Å². The van der Waals surface area contributed by atoms with E-state index in [4.69, 9.17) is 4.74 Å². The van der Waals surface area contributed by atoms with E-state index in [-0.39, 0.29) is 11.6 Å². The minimum Gasteiger partial charge on any atom is -0.493 e. The van der Waals surface area contributed by atoms with E-state index in [9.17, 15) is 4.79 Å². The third kappa shape index (κ3) is 2.01. The molecule has 0 aliphatic heterocycles. The van der Waals surface area contributed by atoms with Crippen molar-refractivity contribution in [2.24, 2.45) is 0 Å². The van der Waals surface area contributed by atoms with E-state index in [1.54, 1.807) is 10.7 Å². The number of carbonyl (C=O) groups is 1. The highest BCUT2D eigenvalue weighted by Crippen LogP contribution is 2.19. The van der Waals surface area contributed by atoms with Crippen LogP contribution in [0.2, 0.25) is 0 Å². The third-order valence-electron chi connectivity index (χ3n) is 2.31. The molecule has 0 unspecified atom stereocenters. The van der Waals surface area contributed by atoms with E-state index in [1.807, 2.05) is 6.92 Å². The summed E-state index contributed by atoms with van der Waals surface area (Å²) in [5, 5.41) is 4.07. The number of aromatic nitrogens is 4. The van der Waals surface area contributed by atoms with Gasteiger partial charge in [0.25, 0.3) is 5.78 Å². The average molecular weight is 232 g/mol. The Balaban J connectivity index is 2.46. The van der Waals surface area contributed by atoms with Gasteiger partial charge in [-0.15, -0.1) is 0 Å². The molecule has 0 fully saturated rings. The summed E-state index contributed by atoms with van der Waals surface area (Å²) in [5.74, 6) is 0.284. The lowest BCUT2D eigenvalue weighted by atomic mass is 10.2. The quantitative estimate of drug-likeness (QED) is 0.733. The molecule has 0 spiro atoms. The monoisotopic (exact) mass is 232 g/mol. The van der Waals surface area contributed by atoms with Crippen LogP contribution in [0.5, 0.6) is 5.75 Å². The number of methoxy groups -OCH3 is 1. The molecule has 0 N–H and O–H groups in total. The zero-order valence-electron chi connectivity index (χ0n) is 9.62. The second kappa shape index (κ2) is 4.73. The fourth-order valence-electron chi connectivity index (χ4n) is 1.51. The van der Waals surface area contributed by atoms with Gasteiger partial charge in [-0.25, -0.2) is 9.97 Å². The SMILES string of the molecule is CCn1ncc(OC)c1C(=O)c1ncccn1. The van der Waals surface area contributed by atoms with Gasteiger partial charge in [-0.05, 0) is 13.0 Å². The summed E-state index contributed by atoms with van der Waals surface area (Å²) >= 11 is 0. The van der Waals surface area contributed by atoms with E-state index in [0.29, 0.717) is 18.0 Å². The summed E-state index contributed by atoms with van der Waals surface area (Å²) in [6.07, 6.45) is 4.57. The van der Waals surface area contributed by atoms with Crippen LogP contribution in [0.15, 0.2) is 24.7 Å². The van der Waals surface area contributed by atoms with Gasteiger partial charge in [0.15, 0.2) is 11.4 Å². The average Bonchev–Trinajstić information content (AvgIpc) is 2.81. The van der Waals surface area contributed by atoms with Crippen molar-refractivity contribution in [3.05, 3.63) is 36.2 Å². The van der Waals surface area contributed by atoms with E-state index in [0.717, 1.165) is 0 Å². The molecule has 0 atom stereocenters. The smallest absolute Gasteiger partial charge is 0.252 e. The summed E-state index contributed by atoms with van der Waals surface area (Å²) < 4.78 is 6.68. The second-order valence-electron chi connectivity index (χ2n) is 3.28. The molecule has 0 amide bonds. The van der Waals surface area contributed by atoms with Gasteiger partial charge in [0.2, 0.25) is 5.82 Å². The van der Waals surface area contributed by atoms with Crippen LogP contribution in [0, 0.1) is 0 Å². The lowest BCUT2D eigenvalue weighted by molar-refractivity contribution is 0.101. The van der Waals surface area contributed by atoms with Crippen molar-refractivity contribution in [3.8, 4) is 5.75 Å². The molecule has 2 rings (SSSR count). The molecule has 0 aliphatic carbocycles. The predicted molar refractivity (Wildman–Crippen MR) is 59.9 cm³/mol. The van der Waals surface area contributed by atoms with Crippen LogP contribution in [-0.4, -0.2) is 32.6 Å². The summed E-state index contributed by atoms with van der Waals surface area (Å²) in [7, 11) is 1.50. The lowest BCUT2D eigenvalue weighted by Crippen LogP contribution is -2.14. The van der Waals surface area contributed by atoms with Crippen LogP contribution in [-0.2, 0) is 6.54 Å². The molecule has 0 radical (unpaired) electrons. The first-order chi connectivity index (χ1) is 8.27. The summed E-state index contributed by atoms with van der Waals surface area (Å²) in [5.41, 5.74) is 0.376. The van der Waals surface area contributed by atoms with Crippen molar-refractivity contribution in [1.29, 1.82) is 0 Å². The molecular weight excluding hydrogens is 220 g/mol. The summed E-state index contributed by atoms with van der Waals surface area (Å²) in [6.45, 7) is 2.48. The molecule has 2 aromatic rings. The third-order valence-corrected chi connectivity index (χ3v) is 2.31.